The van der Waals surface area contributed by atoms with Crippen LogP contribution in [0, 0.1) is 3.57 Å². The van der Waals surface area contributed by atoms with Crippen LogP contribution in [0.5, 0.6) is 11.5 Å². The number of halogens is 2. The molecule has 1 aromatic heterocycles. The van der Waals surface area contributed by atoms with Crippen LogP contribution in [0.1, 0.15) is 51.8 Å². The van der Waals surface area contributed by atoms with Gasteiger partial charge in [0, 0.05) is 5.56 Å². The molecule has 0 fully saturated rings. The minimum atomic E-state index is -0.789. The standard InChI is InChI=1S/C30H30BrIN2O7S/c1-6-38-24(35)15-40-27-20(31)12-18(13-21(27)32)14-23-28(36)34-26(19-10-8-9-11-22(19)41-16(3)4)25(29(37)39-7-2)17(5)33-30(34)42-23/h8-14,16,26H,6-7,15H2,1-5H3/b23-14+/t26-/m1/s1. The predicted molar refractivity (Wildman–Crippen MR) is 172 cm³/mol. The van der Waals surface area contributed by atoms with Crippen molar-refractivity contribution < 1.29 is 28.5 Å². The van der Waals surface area contributed by atoms with E-state index >= 15 is 0 Å². The molecule has 0 unspecified atom stereocenters. The number of aromatic nitrogens is 1. The highest BCUT2D eigenvalue weighted by Gasteiger charge is 2.35. The van der Waals surface area contributed by atoms with Crippen LogP contribution in [0.25, 0.3) is 6.08 Å². The molecule has 0 saturated carbocycles. The van der Waals surface area contributed by atoms with Gasteiger partial charge in [0.2, 0.25) is 0 Å². The first-order chi connectivity index (χ1) is 20.0. The lowest BCUT2D eigenvalue weighted by molar-refractivity contribution is -0.145. The number of carbonyl (C=O) groups excluding carboxylic acids is 2. The SMILES string of the molecule is CCOC(=O)COc1c(Br)cc(/C=c2/sc3n(c2=O)[C@H](c2ccccc2OC(C)C)C(C(=O)OCC)=C(C)N=3)cc1I. The Bertz CT molecular complexity index is 1700. The van der Waals surface area contributed by atoms with Crippen LogP contribution in [0.2, 0.25) is 0 Å². The van der Waals surface area contributed by atoms with E-state index in [2.05, 4.69) is 43.5 Å². The first-order valence-electron chi connectivity index (χ1n) is 13.3. The lowest BCUT2D eigenvalue weighted by atomic mass is 9.95. The zero-order valence-corrected chi connectivity index (χ0v) is 28.3. The summed E-state index contributed by atoms with van der Waals surface area (Å²) in [5, 5.41) is 0. The molecule has 1 aliphatic rings. The largest absolute Gasteiger partial charge is 0.491 e. The van der Waals surface area contributed by atoms with E-state index in [1.54, 1.807) is 32.9 Å². The topological polar surface area (TPSA) is 105 Å². The average molecular weight is 769 g/mol. The van der Waals surface area contributed by atoms with Crippen molar-refractivity contribution in [1.29, 1.82) is 0 Å². The second-order valence-corrected chi connectivity index (χ2v) is 12.4. The molecule has 0 saturated heterocycles. The highest BCUT2D eigenvalue weighted by molar-refractivity contribution is 14.1. The van der Waals surface area contributed by atoms with Crippen LogP contribution in [-0.4, -0.2) is 42.4 Å². The van der Waals surface area contributed by atoms with E-state index in [-0.39, 0.29) is 37.1 Å². The van der Waals surface area contributed by atoms with Gasteiger partial charge in [-0.15, -0.1) is 0 Å². The third kappa shape index (κ3) is 6.97. The fourth-order valence-corrected chi connectivity index (χ4v) is 7.25. The number of fused-ring (bicyclic) bond motifs is 1. The van der Waals surface area contributed by atoms with Gasteiger partial charge in [-0.25, -0.2) is 14.6 Å². The van der Waals surface area contributed by atoms with Crippen LogP contribution in [0.15, 0.2) is 61.9 Å². The van der Waals surface area contributed by atoms with Crippen LogP contribution in [-0.2, 0) is 19.1 Å². The van der Waals surface area contributed by atoms with Gasteiger partial charge in [0.15, 0.2) is 11.4 Å². The Morgan fingerprint density at radius 2 is 1.88 bits per heavy atom. The maximum Gasteiger partial charge on any atom is 0.344 e. The monoisotopic (exact) mass is 768 g/mol. The zero-order chi connectivity index (χ0) is 30.6. The van der Waals surface area contributed by atoms with Gasteiger partial charge in [-0.1, -0.05) is 29.5 Å². The van der Waals surface area contributed by atoms with Crippen LogP contribution in [0.4, 0.5) is 0 Å². The highest BCUT2D eigenvalue weighted by Crippen LogP contribution is 2.36. The maximum absolute atomic E-state index is 14.0. The Kier molecular flexibility index (Phi) is 10.7. The number of carbonyl (C=O) groups is 2. The van der Waals surface area contributed by atoms with Gasteiger partial charge in [0.05, 0.1) is 43.2 Å². The van der Waals surface area contributed by atoms with E-state index in [0.29, 0.717) is 36.6 Å². The summed E-state index contributed by atoms with van der Waals surface area (Å²) in [7, 11) is 0. The Hall–Kier alpha value is -2.97. The zero-order valence-electron chi connectivity index (χ0n) is 23.7. The summed E-state index contributed by atoms with van der Waals surface area (Å²) in [6.07, 6.45) is 1.64. The minimum absolute atomic E-state index is 0.122. The predicted octanol–water partition coefficient (Wildman–Crippen LogP) is 4.89. The summed E-state index contributed by atoms with van der Waals surface area (Å²) < 4.78 is 25.4. The van der Waals surface area contributed by atoms with E-state index < -0.39 is 18.0 Å². The number of hydrogen-bond donors (Lipinski definition) is 0. The number of allylic oxidation sites excluding steroid dienone is 1. The summed E-state index contributed by atoms with van der Waals surface area (Å²) in [5.74, 6) is 0.0752. The molecule has 0 radical (unpaired) electrons. The molecule has 0 aliphatic carbocycles. The number of esters is 2. The number of hydrogen-bond acceptors (Lipinski definition) is 9. The van der Waals surface area contributed by atoms with Crippen molar-refractivity contribution in [3.63, 3.8) is 0 Å². The molecule has 222 valence electrons. The number of ether oxygens (including phenoxy) is 4. The van der Waals surface area contributed by atoms with Gasteiger partial charge in [0.25, 0.3) is 5.56 Å². The third-order valence-electron chi connectivity index (χ3n) is 6.05. The summed E-state index contributed by atoms with van der Waals surface area (Å²) >= 11 is 6.86. The van der Waals surface area contributed by atoms with Crippen LogP contribution >= 0.6 is 49.9 Å². The average Bonchev–Trinajstić information content (AvgIpc) is 3.21. The number of rotatable bonds is 10. The van der Waals surface area contributed by atoms with Gasteiger partial charge in [-0.2, -0.15) is 0 Å². The van der Waals surface area contributed by atoms with E-state index in [4.69, 9.17) is 18.9 Å². The number of benzene rings is 2. The van der Waals surface area contributed by atoms with Gasteiger partial charge in [-0.05, 0) is 103 Å². The van der Waals surface area contributed by atoms with Gasteiger partial charge in [-0.3, -0.25) is 9.36 Å². The van der Waals surface area contributed by atoms with Gasteiger partial charge in [0.1, 0.15) is 17.5 Å². The molecule has 42 heavy (non-hydrogen) atoms. The Balaban J connectivity index is 1.84. The van der Waals surface area contributed by atoms with Gasteiger partial charge >= 0.3 is 11.9 Å². The first-order valence-corrected chi connectivity index (χ1v) is 16.0. The number of para-hydroxylation sites is 1. The van der Waals surface area contributed by atoms with E-state index in [1.807, 2.05) is 44.2 Å². The lowest BCUT2D eigenvalue weighted by Gasteiger charge is -2.26. The number of thiazole rings is 1. The highest BCUT2D eigenvalue weighted by atomic mass is 127. The van der Waals surface area contributed by atoms with E-state index in [1.165, 1.54) is 15.9 Å². The molecule has 0 bridgehead atoms. The van der Waals surface area contributed by atoms with Crippen molar-refractivity contribution in [2.75, 3.05) is 19.8 Å². The normalized spacial score (nSPS) is 14.9. The second kappa shape index (κ2) is 14.0. The Morgan fingerprint density at radius 3 is 2.55 bits per heavy atom. The van der Waals surface area contributed by atoms with E-state index in [0.717, 1.165) is 9.13 Å². The van der Waals surface area contributed by atoms with E-state index in [9.17, 15) is 14.4 Å². The summed E-state index contributed by atoms with van der Waals surface area (Å²) in [4.78, 5) is 44.1. The molecular weight excluding hydrogens is 739 g/mol. The number of nitrogens with zero attached hydrogens (tertiary/aromatic N) is 2. The smallest absolute Gasteiger partial charge is 0.344 e. The first kappa shape index (κ1) is 32.0. The fourth-order valence-electron chi connectivity index (χ4n) is 4.44. The van der Waals surface area contributed by atoms with Crippen molar-refractivity contribution >= 4 is 67.9 Å². The molecule has 4 rings (SSSR count). The van der Waals surface area contributed by atoms with Crippen molar-refractivity contribution in [3.8, 4) is 11.5 Å². The van der Waals surface area contributed by atoms with Gasteiger partial charge < -0.3 is 18.9 Å². The Labute approximate surface area is 269 Å². The van der Waals surface area contributed by atoms with Crippen LogP contribution in [0.3, 0.4) is 0 Å². The Morgan fingerprint density at radius 1 is 1.17 bits per heavy atom. The summed E-state index contributed by atoms with van der Waals surface area (Å²) in [6.45, 7) is 9.29. The summed E-state index contributed by atoms with van der Waals surface area (Å²) in [6, 6.07) is 10.2. The van der Waals surface area contributed by atoms with Crippen molar-refractivity contribution in [2.24, 2.45) is 4.99 Å². The molecule has 9 nitrogen and oxygen atoms in total. The minimum Gasteiger partial charge on any atom is -0.491 e. The quantitative estimate of drug-likeness (QED) is 0.214. The molecule has 0 amide bonds. The molecule has 0 N–H and O–H groups in total. The van der Waals surface area contributed by atoms with Crippen LogP contribution < -0.4 is 24.4 Å². The molecule has 0 spiro atoms. The summed E-state index contributed by atoms with van der Waals surface area (Å²) in [5.41, 5.74) is 1.87. The maximum atomic E-state index is 14.0. The molecule has 3 aromatic rings. The lowest BCUT2D eigenvalue weighted by Crippen LogP contribution is -2.40. The van der Waals surface area contributed by atoms with Crippen molar-refractivity contribution in [3.05, 3.63) is 86.5 Å². The van der Waals surface area contributed by atoms with Crippen molar-refractivity contribution in [1.82, 2.24) is 4.57 Å². The molecule has 2 heterocycles. The van der Waals surface area contributed by atoms with Crippen molar-refractivity contribution in [2.45, 2.75) is 46.8 Å². The fraction of sp³-hybridized carbons (Fsp3) is 0.333. The second-order valence-electron chi connectivity index (χ2n) is 9.41. The molecule has 2 aromatic carbocycles. The molecule has 1 atom stereocenters. The third-order valence-corrected chi connectivity index (χ3v) is 8.42. The molecule has 1 aliphatic heterocycles. The molecule has 12 heteroatoms. The molecular formula is C30H30BrIN2O7S.